The van der Waals surface area contributed by atoms with E-state index in [1.54, 1.807) is 12.1 Å². The van der Waals surface area contributed by atoms with Crippen LogP contribution >= 0.6 is 0 Å². The molecule has 0 bridgehead atoms. The summed E-state index contributed by atoms with van der Waals surface area (Å²) in [6.07, 6.45) is -4.60. The minimum atomic E-state index is -5.01. The summed E-state index contributed by atoms with van der Waals surface area (Å²) >= 11 is 0. The molecule has 0 spiro atoms. The second-order valence-corrected chi connectivity index (χ2v) is 12.2. The standard InChI is InChI=1S/C27H29F6N5O4S/c1-41-24-6-5-23(37-7-3-4-8-37)22(36-24)17-38(25-34-14-21(15-35-25)42-9-10-43(2,39)40)16-18-11-19(26(28,29)30)13-20(12-18)27(31,32)33/h5-6,11-15H,3-4,7-10,16-17H2,1-2H3. The van der Waals surface area contributed by atoms with Gasteiger partial charge in [0, 0.05) is 32.0 Å². The fourth-order valence-electron chi connectivity index (χ4n) is 4.52. The van der Waals surface area contributed by atoms with Crippen molar-refractivity contribution >= 4 is 21.5 Å². The van der Waals surface area contributed by atoms with Crippen molar-refractivity contribution < 1.29 is 44.2 Å². The predicted octanol–water partition coefficient (Wildman–Crippen LogP) is 5.15. The number of benzene rings is 1. The number of rotatable bonds is 11. The number of nitrogens with zero attached hydrogens (tertiary/aromatic N) is 5. The van der Waals surface area contributed by atoms with Gasteiger partial charge in [-0.2, -0.15) is 26.3 Å². The Morgan fingerprint density at radius 2 is 1.53 bits per heavy atom. The summed E-state index contributed by atoms with van der Waals surface area (Å²) in [6.45, 7) is 0.816. The molecule has 4 rings (SSSR count). The minimum absolute atomic E-state index is 0.0292. The maximum absolute atomic E-state index is 13.6. The number of halogens is 6. The second-order valence-electron chi connectivity index (χ2n) is 9.98. The molecular formula is C27H29F6N5O4S. The van der Waals surface area contributed by atoms with Crippen molar-refractivity contribution in [2.45, 2.75) is 38.3 Å². The zero-order valence-corrected chi connectivity index (χ0v) is 24.1. The quantitative estimate of drug-likeness (QED) is 0.266. The number of alkyl halides is 6. The molecule has 1 aliphatic rings. The Hall–Kier alpha value is -3.82. The third kappa shape index (κ3) is 8.84. The van der Waals surface area contributed by atoms with E-state index in [4.69, 9.17) is 9.47 Å². The molecule has 0 aliphatic carbocycles. The number of anilines is 2. The zero-order chi connectivity index (χ0) is 31.4. The molecule has 2 aromatic heterocycles. The first-order chi connectivity index (χ1) is 20.1. The van der Waals surface area contributed by atoms with E-state index in [2.05, 4.69) is 19.9 Å². The highest BCUT2D eigenvalue weighted by atomic mass is 32.2. The third-order valence-electron chi connectivity index (χ3n) is 6.56. The Balaban J connectivity index is 1.73. The van der Waals surface area contributed by atoms with Crippen molar-refractivity contribution in [2.75, 3.05) is 48.6 Å². The Morgan fingerprint density at radius 1 is 0.930 bits per heavy atom. The predicted molar refractivity (Wildman–Crippen MR) is 146 cm³/mol. The van der Waals surface area contributed by atoms with E-state index in [0.717, 1.165) is 37.9 Å². The van der Waals surface area contributed by atoms with Gasteiger partial charge in [-0.15, -0.1) is 0 Å². The summed E-state index contributed by atoms with van der Waals surface area (Å²) in [4.78, 5) is 16.5. The monoisotopic (exact) mass is 633 g/mol. The average molecular weight is 634 g/mol. The number of ether oxygens (including phenoxy) is 2. The van der Waals surface area contributed by atoms with Crippen LogP contribution in [-0.4, -0.2) is 62.2 Å². The lowest BCUT2D eigenvalue weighted by Crippen LogP contribution is -2.28. The Bertz CT molecular complexity index is 1480. The fourth-order valence-corrected chi connectivity index (χ4v) is 4.90. The number of methoxy groups -OCH3 is 1. The Kier molecular flexibility index (Phi) is 9.57. The van der Waals surface area contributed by atoms with Gasteiger partial charge in [-0.25, -0.2) is 23.4 Å². The summed E-state index contributed by atoms with van der Waals surface area (Å²) < 4.78 is 115. The molecule has 16 heteroatoms. The molecule has 0 N–H and O–H groups in total. The lowest BCUT2D eigenvalue weighted by Gasteiger charge is -2.27. The van der Waals surface area contributed by atoms with Crippen LogP contribution in [0, 0.1) is 0 Å². The van der Waals surface area contributed by atoms with Gasteiger partial charge in [0.15, 0.2) is 15.6 Å². The van der Waals surface area contributed by atoms with Crippen LogP contribution < -0.4 is 19.3 Å². The smallest absolute Gasteiger partial charge is 0.416 e. The lowest BCUT2D eigenvalue weighted by atomic mass is 10.0. The van der Waals surface area contributed by atoms with E-state index in [-0.39, 0.29) is 48.1 Å². The number of hydrogen-bond acceptors (Lipinski definition) is 9. The Morgan fingerprint density at radius 3 is 2.07 bits per heavy atom. The van der Waals surface area contributed by atoms with Crippen LogP contribution in [0.5, 0.6) is 11.6 Å². The Labute approximate surface area is 244 Å². The number of sulfone groups is 1. The van der Waals surface area contributed by atoms with E-state index in [0.29, 0.717) is 17.8 Å². The summed E-state index contributed by atoms with van der Waals surface area (Å²) in [5, 5.41) is 0. The SMILES string of the molecule is COc1ccc(N2CCCC2)c(CN(Cc2cc(C(F)(F)F)cc(C(F)(F)F)c2)c2ncc(OCCS(C)(=O)=O)cn2)n1. The van der Waals surface area contributed by atoms with Gasteiger partial charge < -0.3 is 19.3 Å². The highest BCUT2D eigenvalue weighted by Gasteiger charge is 2.37. The van der Waals surface area contributed by atoms with Crippen molar-refractivity contribution in [3.63, 3.8) is 0 Å². The molecule has 234 valence electrons. The van der Waals surface area contributed by atoms with Crippen molar-refractivity contribution in [3.05, 3.63) is 65.1 Å². The average Bonchev–Trinajstić information content (AvgIpc) is 3.46. The highest BCUT2D eigenvalue weighted by Crippen LogP contribution is 2.37. The van der Waals surface area contributed by atoms with Crippen molar-refractivity contribution in [2.24, 2.45) is 0 Å². The molecule has 3 aromatic rings. The normalized spacial score (nSPS) is 14.2. The number of hydrogen-bond donors (Lipinski definition) is 0. The van der Waals surface area contributed by atoms with Crippen LogP contribution in [0.3, 0.4) is 0 Å². The van der Waals surface area contributed by atoms with Crippen LogP contribution in [0.25, 0.3) is 0 Å². The lowest BCUT2D eigenvalue weighted by molar-refractivity contribution is -0.143. The van der Waals surface area contributed by atoms with Crippen LogP contribution in [0.1, 0.15) is 35.2 Å². The van der Waals surface area contributed by atoms with E-state index in [1.165, 1.54) is 24.4 Å². The largest absolute Gasteiger partial charge is 0.489 e. The molecule has 0 radical (unpaired) electrons. The molecule has 1 aliphatic heterocycles. The van der Waals surface area contributed by atoms with Gasteiger partial charge >= 0.3 is 12.4 Å². The van der Waals surface area contributed by atoms with Crippen LogP contribution in [0.15, 0.2) is 42.7 Å². The topological polar surface area (TPSA) is 97.8 Å². The van der Waals surface area contributed by atoms with Crippen LogP contribution in [0.2, 0.25) is 0 Å². The summed E-state index contributed by atoms with van der Waals surface area (Å²) in [5.74, 6) is 0.118. The molecule has 0 unspecified atom stereocenters. The first-order valence-corrected chi connectivity index (χ1v) is 15.1. The minimum Gasteiger partial charge on any atom is -0.489 e. The summed E-state index contributed by atoms with van der Waals surface area (Å²) in [6, 6.07) is 4.86. The molecule has 0 saturated carbocycles. The van der Waals surface area contributed by atoms with Gasteiger partial charge in [-0.05, 0) is 42.7 Å². The van der Waals surface area contributed by atoms with E-state index in [1.807, 2.05) is 0 Å². The molecule has 9 nitrogen and oxygen atoms in total. The van der Waals surface area contributed by atoms with Crippen molar-refractivity contribution in [1.82, 2.24) is 15.0 Å². The van der Waals surface area contributed by atoms with Gasteiger partial charge in [0.25, 0.3) is 0 Å². The van der Waals surface area contributed by atoms with Crippen LogP contribution in [-0.2, 0) is 35.3 Å². The van der Waals surface area contributed by atoms with E-state index >= 15 is 0 Å². The fraction of sp³-hybridized carbons (Fsp3) is 0.444. The molecule has 0 amide bonds. The zero-order valence-electron chi connectivity index (χ0n) is 23.2. The molecule has 43 heavy (non-hydrogen) atoms. The molecule has 3 heterocycles. The van der Waals surface area contributed by atoms with Gasteiger partial charge in [-0.3, -0.25) is 0 Å². The van der Waals surface area contributed by atoms with Gasteiger partial charge in [0.05, 0.1) is 54.3 Å². The first kappa shape index (κ1) is 32.1. The van der Waals surface area contributed by atoms with Gasteiger partial charge in [0.1, 0.15) is 6.61 Å². The van der Waals surface area contributed by atoms with Crippen molar-refractivity contribution in [1.29, 1.82) is 0 Å². The highest BCUT2D eigenvalue weighted by molar-refractivity contribution is 7.90. The number of pyridine rings is 1. The maximum Gasteiger partial charge on any atom is 0.416 e. The summed E-state index contributed by atoms with van der Waals surface area (Å²) in [5.41, 5.74) is -1.95. The second kappa shape index (κ2) is 12.8. The maximum atomic E-state index is 13.6. The summed E-state index contributed by atoms with van der Waals surface area (Å²) in [7, 11) is -1.86. The molecule has 1 saturated heterocycles. The van der Waals surface area contributed by atoms with Gasteiger partial charge in [-0.1, -0.05) is 0 Å². The molecule has 1 aromatic carbocycles. The van der Waals surface area contributed by atoms with E-state index < -0.39 is 39.9 Å². The first-order valence-electron chi connectivity index (χ1n) is 13.1. The van der Waals surface area contributed by atoms with E-state index in [9.17, 15) is 34.8 Å². The molecule has 1 fully saturated rings. The van der Waals surface area contributed by atoms with Crippen LogP contribution in [0.4, 0.5) is 38.0 Å². The van der Waals surface area contributed by atoms with Gasteiger partial charge in [0.2, 0.25) is 11.8 Å². The molecular weight excluding hydrogens is 604 g/mol. The number of aromatic nitrogens is 3. The molecule has 0 atom stereocenters. The van der Waals surface area contributed by atoms with Crippen molar-refractivity contribution in [3.8, 4) is 11.6 Å². The third-order valence-corrected chi connectivity index (χ3v) is 7.47.